The lowest BCUT2D eigenvalue weighted by Gasteiger charge is -2.17. The molecule has 4 rings (SSSR count). The molecule has 1 saturated heterocycles. The highest BCUT2D eigenvalue weighted by molar-refractivity contribution is 5.73. The summed E-state index contributed by atoms with van der Waals surface area (Å²) >= 11 is 0. The fraction of sp³-hybridized carbons (Fsp3) is 0.375. The maximum Gasteiger partial charge on any atom is 0.263 e. The number of anilines is 2. The van der Waals surface area contributed by atoms with E-state index >= 15 is 0 Å². The molecule has 4 heterocycles. The van der Waals surface area contributed by atoms with E-state index in [4.69, 9.17) is 0 Å². The van der Waals surface area contributed by atoms with E-state index in [0.29, 0.717) is 22.9 Å². The van der Waals surface area contributed by atoms with Crippen molar-refractivity contribution in [2.45, 2.75) is 13.3 Å². The van der Waals surface area contributed by atoms with E-state index in [2.05, 4.69) is 35.4 Å². The number of aryl methyl sites for hydroxylation is 1. The zero-order chi connectivity index (χ0) is 16.5. The summed E-state index contributed by atoms with van der Waals surface area (Å²) in [6.07, 6.45) is 2.54. The summed E-state index contributed by atoms with van der Waals surface area (Å²) in [7, 11) is 0. The molecule has 0 amide bonds. The van der Waals surface area contributed by atoms with E-state index in [1.165, 1.54) is 6.20 Å². The largest absolute Gasteiger partial charge is 0.370 e. The molecule has 8 nitrogen and oxygen atoms in total. The SMILES string of the molecule is Cc1cccc(NCC2CCN(c3nc4[nH]ncc4c(=O)[nH]3)C2)n1. The number of fused-ring (bicyclic) bond motifs is 1. The van der Waals surface area contributed by atoms with E-state index in [0.717, 1.165) is 37.6 Å². The number of hydrogen-bond acceptors (Lipinski definition) is 6. The van der Waals surface area contributed by atoms with E-state index in [1.807, 2.05) is 25.1 Å². The molecular weight excluding hydrogens is 306 g/mol. The van der Waals surface area contributed by atoms with Gasteiger partial charge in [0.05, 0.1) is 6.20 Å². The Bertz CT molecular complexity index is 916. The van der Waals surface area contributed by atoms with Gasteiger partial charge in [0.15, 0.2) is 5.65 Å². The van der Waals surface area contributed by atoms with Crippen LogP contribution in [-0.2, 0) is 0 Å². The number of aromatic nitrogens is 5. The van der Waals surface area contributed by atoms with Gasteiger partial charge in [-0.25, -0.2) is 4.98 Å². The second-order valence-corrected chi connectivity index (χ2v) is 6.17. The van der Waals surface area contributed by atoms with Crippen LogP contribution in [0.4, 0.5) is 11.8 Å². The Morgan fingerprint density at radius 2 is 2.29 bits per heavy atom. The van der Waals surface area contributed by atoms with Gasteiger partial charge in [0.1, 0.15) is 11.2 Å². The van der Waals surface area contributed by atoms with Gasteiger partial charge in [-0.15, -0.1) is 0 Å². The third-order valence-electron chi connectivity index (χ3n) is 4.35. The second kappa shape index (κ2) is 5.95. The van der Waals surface area contributed by atoms with Crippen molar-refractivity contribution >= 4 is 22.8 Å². The van der Waals surface area contributed by atoms with E-state index < -0.39 is 0 Å². The Labute approximate surface area is 138 Å². The maximum atomic E-state index is 12.0. The minimum Gasteiger partial charge on any atom is -0.370 e. The predicted octanol–water partition coefficient (Wildman–Crippen LogP) is 1.29. The van der Waals surface area contributed by atoms with E-state index in [9.17, 15) is 4.79 Å². The van der Waals surface area contributed by atoms with Gasteiger partial charge < -0.3 is 10.2 Å². The number of rotatable bonds is 4. The number of pyridine rings is 1. The first-order valence-corrected chi connectivity index (χ1v) is 8.05. The van der Waals surface area contributed by atoms with Gasteiger partial charge in [-0.2, -0.15) is 10.1 Å². The van der Waals surface area contributed by atoms with Crippen LogP contribution in [0.5, 0.6) is 0 Å². The molecule has 1 aliphatic rings. The summed E-state index contributed by atoms with van der Waals surface area (Å²) in [4.78, 5) is 25.9. The van der Waals surface area contributed by atoms with Gasteiger partial charge in [0.25, 0.3) is 5.56 Å². The fourth-order valence-electron chi connectivity index (χ4n) is 3.07. The molecule has 124 valence electrons. The monoisotopic (exact) mass is 325 g/mol. The van der Waals surface area contributed by atoms with Gasteiger partial charge in [-0.1, -0.05) is 6.07 Å². The average Bonchev–Trinajstić information content (AvgIpc) is 3.22. The van der Waals surface area contributed by atoms with Crippen LogP contribution in [-0.4, -0.2) is 44.8 Å². The molecule has 0 bridgehead atoms. The Kier molecular flexibility index (Phi) is 3.64. The fourth-order valence-corrected chi connectivity index (χ4v) is 3.07. The van der Waals surface area contributed by atoms with Gasteiger partial charge in [0.2, 0.25) is 5.95 Å². The summed E-state index contributed by atoms with van der Waals surface area (Å²) in [5.41, 5.74) is 1.37. The normalized spacial score (nSPS) is 17.5. The molecule has 1 fully saturated rings. The standard InChI is InChI=1S/C16H19N7O/c1-10-3-2-4-13(19-10)17-7-11-5-6-23(9-11)16-20-14-12(8-18-22-14)15(24)21-16/h2-4,8,11H,5-7,9H2,1H3,(H,17,19)(H2,18,20,21,22,24). The van der Waals surface area contributed by atoms with Gasteiger partial charge in [-0.3, -0.25) is 14.9 Å². The lowest BCUT2D eigenvalue weighted by Crippen LogP contribution is -2.26. The summed E-state index contributed by atoms with van der Waals surface area (Å²) < 4.78 is 0. The Morgan fingerprint density at radius 1 is 1.38 bits per heavy atom. The predicted molar refractivity (Wildman–Crippen MR) is 92.3 cm³/mol. The smallest absolute Gasteiger partial charge is 0.263 e. The summed E-state index contributed by atoms with van der Waals surface area (Å²) in [6.45, 7) is 4.55. The van der Waals surface area contributed by atoms with Crippen LogP contribution in [0, 0.1) is 12.8 Å². The van der Waals surface area contributed by atoms with Crippen molar-refractivity contribution in [2.75, 3.05) is 29.9 Å². The van der Waals surface area contributed by atoms with Crippen LogP contribution in [0.3, 0.4) is 0 Å². The lowest BCUT2D eigenvalue weighted by molar-refractivity contribution is 0.620. The van der Waals surface area contributed by atoms with Crippen molar-refractivity contribution in [3.8, 4) is 0 Å². The lowest BCUT2D eigenvalue weighted by atomic mass is 10.1. The van der Waals surface area contributed by atoms with E-state index in [-0.39, 0.29) is 5.56 Å². The molecule has 24 heavy (non-hydrogen) atoms. The quantitative estimate of drug-likeness (QED) is 0.668. The Morgan fingerprint density at radius 3 is 3.17 bits per heavy atom. The van der Waals surface area contributed by atoms with Crippen molar-refractivity contribution in [3.05, 3.63) is 40.4 Å². The van der Waals surface area contributed by atoms with Crippen LogP contribution < -0.4 is 15.8 Å². The number of nitrogens with zero attached hydrogens (tertiary/aromatic N) is 4. The first-order chi connectivity index (χ1) is 11.7. The third kappa shape index (κ3) is 2.82. The molecule has 0 aliphatic carbocycles. The highest BCUT2D eigenvalue weighted by Gasteiger charge is 2.24. The topological polar surface area (TPSA) is 103 Å². The van der Waals surface area contributed by atoms with Gasteiger partial charge in [0, 0.05) is 25.3 Å². The molecule has 1 unspecified atom stereocenters. The minimum atomic E-state index is -0.158. The van der Waals surface area contributed by atoms with Crippen LogP contribution in [0.25, 0.3) is 11.0 Å². The first kappa shape index (κ1) is 14.7. The molecule has 8 heteroatoms. The highest BCUT2D eigenvalue weighted by atomic mass is 16.1. The minimum absolute atomic E-state index is 0.158. The molecular formula is C16H19N7O. The number of hydrogen-bond donors (Lipinski definition) is 3. The maximum absolute atomic E-state index is 12.0. The third-order valence-corrected chi connectivity index (χ3v) is 4.35. The summed E-state index contributed by atoms with van der Waals surface area (Å²) in [5, 5.41) is 10.5. The summed E-state index contributed by atoms with van der Waals surface area (Å²) in [6, 6.07) is 5.96. The zero-order valence-corrected chi connectivity index (χ0v) is 13.4. The molecule has 3 N–H and O–H groups in total. The Balaban J connectivity index is 1.43. The average molecular weight is 325 g/mol. The van der Waals surface area contributed by atoms with Gasteiger partial charge in [-0.05, 0) is 31.4 Å². The van der Waals surface area contributed by atoms with Crippen molar-refractivity contribution < 1.29 is 0 Å². The van der Waals surface area contributed by atoms with Gasteiger partial charge >= 0.3 is 0 Å². The molecule has 0 aromatic carbocycles. The molecule has 0 saturated carbocycles. The van der Waals surface area contributed by atoms with Crippen molar-refractivity contribution in [1.29, 1.82) is 0 Å². The molecule has 1 aliphatic heterocycles. The van der Waals surface area contributed by atoms with Crippen molar-refractivity contribution in [1.82, 2.24) is 25.1 Å². The number of aromatic amines is 2. The molecule has 1 atom stereocenters. The first-order valence-electron chi connectivity index (χ1n) is 8.05. The molecule has 3 aromatic rings. The van der Waals surface area contributed by atoms with E-state index in [1.54, 1.807) is 0 Å². The second-order valence-electron chi connectivity index (χ2n) is 6.17. The van der Waals surface area contributed by atoms with Crippen molar-refractivity contribution in [3.63, 3.8) is 0 Å². The summed E-state index contributed by atoms with van der Waals surface area (Å²) in [5.74, 6) is 1.99. The van der Waals surface area contributed by atoms with Crippen LogP contribution in [0.2, 0.25) is 0 Å². The number of nitrogens with one attached hydrogen (secondary N) is 3. The number of H-pyrrole nitrogens is 2. The zero-order valence-electron chi connectivity index (χ0n) is 13.4. The molecule has 3 aromatic heterocycles. The Hall–Kier alpha value is -2.90. The van der Waals surface area contributed by atoms with Crippen LogP contribution in [0.15, 0.2) is 29.2 Å². The van der Waals surface area contributed by atoms with Crippen LogP contribution in [0.1, 0.15) is 12.1 Å². The highest BCUT2D eigenvalue weighted by Crippen LogP contribution is 2.21. The molecule has 0 spiro atoms. The van der Waals surface area contributed by atoms with Crippen molar-refractivity contribution in [2.24, 2.45) is 5.92 Å². The molecule has 0 radical (unpaired) electrons. The van der Waals surface area contributed by atoms with Crippen LogP contribution >= 0.6 is 0 Å².